The minimum Gasteiger partial charge on any atom is -0.356 e. The van der Waals surface area contributed by atoms with Crippen LogP contribution < -0.4 is 5.32 Å². The first-order valence-electron chi connectivity index (χ1n) is 7.66. The first-order valence-corrected chi connectivity index (χ1v) is 9.46. The zero-order valence-electron chi connectivity index (χ0n) is 13.1. The normalized spacial score (nSPS) is 10.7. The Morgan fingerprint density at radius 1 is 0.960 bits per heavy atom. The van der Waals surface area contributed by atoms with E-state index in [0.717, 1.165) is 32.2 Å². The second-order valence-corrected chi connectivity index (χ2v) is 7.40. The highest BCUT2D eigenvalue weighted by atomic mass is 32.2. The van der Waals surface area contributed by atoms with E-state index in [1.165, 1.54) is 11.3 Å². The number of nitrogens with zero attached hydrogens (tertiary/aromatic N) is 3. The average Bonchev–Trinajstić information content (AvgIpc) is 3.31. The first kappa shape index (κ1) is 15.9. The van der Waals surface area contributed by atoms with E-state index in [2.05, 4.69) is 20.7 Å². The Labute approximate surface area is 153 Å². The SMILES string of the molecule is c1ccc(Nc2nnc(SCc3cc(-c4ccccc4)on3)s2)cc1. The Morgan fingerprint density at radius 3 is 2.52 bits per heavy atom. The van der Waals surface area contributed by atoms with E-state index in [0.29, 0.717) is 5.75 Å². The van der Waals surface area contributed by atoms with Crippen molar-refractivity contribution in [2.45, 2.75) is 10.1 Å². The molecule has 0 spiro atoms. The van der Waals surface area contributed by atoms with Crippen LogP contribution in [0.3, 0.4) is 0 Å². The fraction of sp³-hybridized carbons (Fsp3) is 0.0556. The van der Waals surface area contributed by atoms with E-state index in [4.69, 9.17) is 4.52 Å². The van der Waals surface area contributed by atoms with Crippen molar-refractivity contribution in [3.05, 3.63) is 72.4 Å². The molecule has 0 saturated heterocycles. The lowest BCUT2D eigenvalue weighted by molar-refractivity contribution is 0.426. The number of nitrogens with one attached hydrogen (secondary N) is 1. The predicted molar refractivity (Wildman–Crippen MR) is 101 cm³/mol. The molecule has 25 heavy (non-hydrogen) atoms. The van der Waals surface area contributed by atoms with Crippen molar-refractivity contribution in [2.24, 2.45) is 0 Å². The van der Waals surface area contributed by atoms with Gasteiger partial charge in [0.15, 0.2) is 10.1 Å². The Hall–Kier alpha value is -2.64. The Balaban J connectivity index is 1.37. The maximum Gasteiger partial charge on any atom is 0.210 e. The summed E-state index contributed by atoms with van der Waals surface area (Å²) in [6.45, 7) is 0. The van der Waals surface area contributed by atoms with Gasteiger partial charge in [-0.15, -0.1) is 10.2 Å². The van der Waals surface area contributed by atoms with E-state index in [9.17, 15) is 0 Å². The number of thioether (sulfide) groups is 1. The predicted octanol–water partition coefficient (Wildman–Crippen LogP) is 5.23. The molecule has 0 saturated carbocycles. The molecule has 0 amide bonds. The van der Waals surface area contributed by atoms with Crippen LogP contribution in [0.5, 0.6) is 0 Å². The molecule has 0 aliphatic heterocycles. The van der Waals surface area contributed by atoms with Crippen LogP contribution in [-0.2, 0) is 5.75 Å². The van der Waals surface area contributed by atoms with Gasteiger partial charge >= 0.3 is 0 Å². The topological polar surface area (TPSA) is 63.8 Å². The van der Waals surface area contributed by atoms with Gasteiger partial charge in [-0.3, -0.25) is 0 Å². The molecule has 0 bridgehead atoms. The van der Waals surface area contributed by atoms with Gasteiger partial charge in [0, 0.05) is 23.1 Å². The number of hydrogen-bond acceptors (Lipinski definition) is 7. The van der Waals surface area contributed by atoms with Gasteiger partial charge in [-0.2, -0.15) is 0 Å². The molecule has 1 N–H and O–H groups in total. The van der Waals surface area contributed by atoms with Crippen molar-refractivity contribution in [1.29, 1.82) is 0 Å². The number of para-hydroxylation sites is 1. The second-order valence-electron chi connectivity index (χ2n) is 5.20. The third kappa shape index (κ3) is 4.07. The van der Waals surface area contributed by atoms with Gasteiger partial charge in [-0.25, -0.2) is 0 Å². The number of hydrogen-bond donors (Lipinski definition) is 1. The summed E-state index contributed by atoms with van der Waals surface area (Å²) in [6, 6.07) is 21.8. The summed E-state index contributed by atoms with van der Waals surface area (Å²) >= 11 is 3.12. The van der Waals surface area contributed by atoms with Crippen molar-refractivity contribution in [3.8, 4) is 11.3 Å². The molecular weight excluding hydrogens is 352 g/mol. The van der Waals surface area contributed by atoms with Gasteiger partial charge in [-0.05, 0) is 12.1 Å². The molecule has 0 aliphatic rings. The molecule has 4 rings (SSSR count). The molecular formula is C18H14N4OS2. The van der Waals surface area contributed by atoms with Gasteiger partial charge in [-0.1, -0.05) is 76.8 Å². The molecule has 2 heterocycles. The third-order valence-corrected chi connectivity index (χ3v) is 5.40. The average molecular weight is 366 g/mol. The fourth-order valence-corrected chi connectivity index (χ4v) is 3.87. The molecule has 4 aromatic rings. The van der Waals surface area contributed by atoms with Crippen molar-refractivity contribution in [2.75, 3.05) is 5.32 Å². The lowest BCUT2D eigenvalue weighted by Crippen LogP contribution is -1.87. The molecule has 2 aromatic heterocycles. The lowest BCUT2D eigenvalue weighted by atomic mass is 10.2. The fourth-order valence-electron chi connectivity index (χ4n) is 2.22. The summed E-state index contributed by atoms with van der Waals surface area (Å²) in [6.07, 6.45) is 0. The summed E-state index contributed by atoms with van der Waals surface area (Å²) in [4.78, 5) is 0. The van der Waals surface area contributed by atoms with Crippen LogP contribution in [0.2, 0.25) is 0 Å². The van der Waals surface area contributed by atoms with Crippen LogP contribution in [-0.4, -0.2) is 15.4 Å². The standard InChI is InChI=1S/C18H14N4OS2/c1-3-7-13(8-4-1)16-11-15(22-23-16)12-24-18-21-20-17(25-18)19-14-9-5-2-6-10-14/h1-11H,12H2,(H,19,20). The summed E-state index contributed by atoms with van der Waals surface area (Å²) < 4.78 is 6.31. The molecule has 0 aliphatic carbocycles. The van der Waals surface area contributed by atoms with E-state index < -0.39 is 0 Å². The minimum absolute atomic E-state index is 0.691. The van der Waals surface area contributed by atoms with Crippen LogP contribution in [0, 0.1) is 0 Å². The van der Waals surface area contributed by atoms with Crippen molar-refractivity contribution in [3.63, 3.8) is 0 Å². The molecule has 0 fully saturated rings. The lowest BCUT2D eigenvalue weighted by Gasteiger charge is -1.99. The third-order valence-electron chi connectivity index (χ3n) is 3.39. The molecule has 7 heteroatoms. The number of aromatic nitrogens is 3. The largest absolute Gasteiger partial charge is 0.356 e. The van der Waals surface area contributed by atoms with Crippen LogP contribution in [0.15, 0.2) is 75.6 Å². The number of benzene rings is 2. The number of rotatable bonds is 6. The van der Waals surface area contributed by atoms with Crippen molar-refractivity contribution in [1.82, 2.24) is 15.4 Å². The summed E-state index contributed by atoms with van der Waals surface area (Å²) in [5.74, 6) is 1.47. The van der Waals surface area contributed by atoms with Gasteiger partial charge in [0.25, 0.3) is 0 Å². The van der Waals surface area contributed by atoms with E-state index >= 15 is 0 Å². The molecule has 0 atom stereocenters. The van der Waals surface area contributed by atoms with Gasteiger partial charge in [0.05, 0.1) is 5.69 Å². The Morgan fingerprint density at radius 2 is 1.72 bits per heavy atom. The Bertz CT molecular complexity index is 938. The van der Waals surface area contributed by atoms with Crippen LogP contribution in [0.25, 0.3) is 11.3 Å². The van der Waals surface area contributed by atoms with Crippen LogP contribution >= 0.6 is 23.1 Å². The zero-order chi connectivity index (χ0) is 16.9. The molecule has 5 nitrogen and oxygen atoms in total. The molecule has 0 radical (unpaired) electrons. The van der Waals surface area contributed by atoms with Gasteiger partial charge in [0.2, 0.25) is 5.13 Å². The second kappa shape index (κ2) is 7.50. The van der Waals surface area contributed by atoms with Crippen molar-refractivity contribution >= 4 is 33.9 Å². The quantitative estimate of drug-likeness (QED) is 0.472. The first-order chi connectivity index (χ1) is 12.4. The Kier molecular flexibility index (Phi) is 4.76. The van der Waals surface area contributed by atoms with Crippen molar-refractivity contribution < 1.29 is 4.52 Å². The molecule has 124 valence electrons. The van der Waals surface area contributed by atoms with Crippen LogP contribution in [0.4, 0.5) is 10.8 Å². The summed E-state index contributed by atoms with van der Waals surface area (Å²) in [5.41, 5.74) is 2.91. The van der Waals surface area contributed by atoms with E-state index in [1.807, 2.05) is 66.7 Å². The zero-order valence-corrected chi connectivity index (χ0v) is 14.8. The highest BCUT2D eigenvalue weighted by Gasteiger charge is 2.09. The highest BCUT2D eigenvalue weighted by molar-refractivity contribution is 8.00. The molecule has 2 aromatic carbocycles. The van der Waals surface area contributed by atoms with E-state index in [1.54, 1.807) is 11.8 Å². The maximum atomic E-state index is 5.42. The maximum absolute atomic E-state index is 5.42. The summed E-state index contributed by atoms with van der Waals surface area (Å²) in [7, 11) is 0. The minimum atomic E-state index is 0.691. The molecule has 0 unspecified atom stereocenters. The van der Waals surface area contributed by atoms with Gasteiger partial charge in [0.1, 0.15) is 0 Å². The monoisotopic (exact) mass is 366 g/mol. The smallest absolute Gasteiger partial charge is 0.210 e. The van der Waals surface area contributed by atoms with Crippen LogP contribution in [0.1, 0.15) is 5.69 Å². The number of anilines is 2. The highest BCUT2D eigenvalue weighted by Crippen LogP contribution is 2.30. The summed E-state index contributed by atoms with van der Waals surface area (Å²) in [5, 5.41) is 16.5. The van der Waals surface area contributed by atoms with E-state index in [-0.39, 0.29) is 0 Å². The van der Waals surface area contributed by atoms with Gasteiger partial charge < -0.3 is 9.84 Å².